The minimum absolute atomic E-state index is 0.475. The Morgan fingerprint density at radius 1 is 1.19 bits per heavy atom. The van der Waals surface area contributed by atoms with E-state index in [1.54, 1.807) is 0 Å². The van der Waals surface area contributed by atoms with Crippen LogP contribution in [0.25, 0.3) is 0 Å². The minimum atomic E-state index is 0.475. The van der Waals surface area contributed by atoms with Crippen molar-refractivity contribution < 1.29 is 4.74 Å². The zero-order valence-corrected chi connectivity index (χ0v) is 11.0. The average molecular weight is 239 g/mol. The molecule has 1 saturated heterocycles. The second-order valence-electron chi connectivity index (χ2n) is 4.69. The molecule has 2 rings (SSSR count). The molecule has 2 unspecified atom stereocenters. The van der Waals surface area contributed by atoms with Gasteiger partial charge in [0.25, 0.3) is 0 Å². The highest BCUT2D eigenvalue weighted by atomic mass is 35.5. The van der Waals surface area contributed by atoms with Crippen molar-refractivity contribution in [1.29, 1.82) is 0 Å². The van der Waals surface area contributed by atoms with Gasteiger partial charge in [0, 0.05) is 5.02 Å². The van der Waals surface area contributed by atoms with Crippen LogP contribution in [0.5, 0.6) is 0 Å². The van der Waals surface area contributed by atoms with Gasteiger partial charge in [-0.05, 0) is 55.9 Å². The van der Waals surface area contributed by atoms with Crippen LogP contribution in [-0.4, -0.2) is 12.2 Å². The van der Waals surface area contributed by atoms with Gasteiger partial charge in [-0.2, -0.15) is 0 Å². The van der Waals surface area contributed by atoms with E-state index in [9.17, 15) is 0 Å². The summed E-state index contributed by atoms with van der Waals surface area (Å²) in [4.78, 5) is 0. The van der Waals surface area contributed by atoms with Crippen LogP contribution >= 0.6 is 11.6 Å². The van der Waals surface area contributed by atoms with Gasteiger partial charge in [-0.15, -0.1) is 0 Å². The van der Waals surface area contributed by atoms with Crippen LogP contribution in [-0.2, 0) is 11.2 Å². The smallest absolute Gasteiger partial charge is 0.0845 e. The molecule has 1 aliphatic heterocycles. The topological polar surface area (TPSA) is 12.5 Å². The van der Waals surface area contributed by atoms with Crippen LogP contribution in [0.1, 0.15) is 36.5 Å². The third-order valence-corrected chi connectivity index (χ3v) is 3.80. The highest BCUT2D eigenvalue weighted by molar-refractivity contribution is 6.31. The van der Waals surface area contributed by atoms with Crippen molar-refractivity contribution in [1.82, 2.24) is 0 Å². The molecule has 0 amide bonds. The molecule has 88 valence electrons. The first-order valence-corrected chi connectivity index (χ1v) is 6.40. The van der Waals surface area contributed by atoms with Crippen molar-refractivity contribution in [3.63, 3.8) is 0 Å². The Kier molecular flexibility index (Phi) is 3.56. The Bertz CT molecular complexity index is 387. The van der Waals surface area contributed by atoms with Gasteiger partial charge in [0.15, 0.2) is 0 Å². The SMILES string of the molecule is CCC1OC1CCc1cc(C)c(C)cc1Cl. The number of aryl methyl sites for hydroxylation is 3. The summed E-state index contributed by atoms with van der Waals surface area (Å²) in [7, 11) is 0. The number of hydrogen-bond acceptors (Lipinski definition) is 1. The molecule has 1 heterocycles. The van der Waals surface area contributed by atoms with Crippen LogP contribution in [0, 0.1) is 13.8 Å². The molecule has 0 spiro atoms. The summed E-state index contributed by atoms with van der Waals surface area (Å²) in [6.45, 7) is 6.41. The lowest BCUT2D eigenvalue weighted by molar-refractivity contribution is 0.360. The number of halogens is 1. The van der Waals surface area contributed by atoms with Gasteiger partial charge in [-0.3, -0.25) is 0 Å². The zero-order valence-electron chi connectivity index (χ0n) is 10.2. The van der Waals surface area contributed by atoms with E-state index in [4.69, 9.17) is 16.3 Å². The van der Waals surface area contributed by atoms with Gasteiger partial charge < -0.3 is 4.74 Å². The number of epoxide rings is 1. The van der Waals surface area contributed by atoms with E-state index >= 15 is 0 Å². The van der Waals surface area contributed by atoms with Crippen molar-refractivity contribution >= 4 is 11.6 Å². The van der Waals surface area contributed by atoms with E-state index in [1.165, 1.54) is 16.7 Å². The molecule has 0 N–H and O–H groups in total. The number of ether oxygens (including phenoxy) is 1. The van der Waals surface area contributed by atoms with Crippen molar-refractivity contribution in [2.24, 2.45) is 0 Å². The maximum atomic E-state index is 6.23. The van der Waals surface area contributed by atoms with Crippen molar-refractivity contribution in [2.45, 2.75) is 52.2 Å². The van der Waals surface area contributed by atoms with E-state index in [1.807, 2.05) is 0 Å². The first kappa shape index (κ1) is 11.9. The van der Waals surface area contributed by atoms with Gasteiger partial charge in [-0.1, -0.05) is 24.6 Å². The van der Waals surface area contributed by atoms with E-state index in [-0.39, 0.29) is 0 Å². The van der Waals surface area contributed by atoms with Crippen LogP contribution < -0.4 is 0 Å². The van der Waals surface area contributed by atoms with Gasteiger partial charge in [0.1, 0.15) is 0 Å². The normalized spacial score (nSPS) is 23.5. The highest BCUT2D eigenvalue weighted by Crippen LogP contribution is 2.30. The van der Waals surface area contributed by atoms with Crippen molar-refractivity contribution in [3.05, 3.63) is 33.8 Å². The van der Waals surface area contributed by atoms with Gasteiger partial charge in [0.05, 0.1) is 12.2 Å². The largest absolute Gasteiger partial charge is 0.370 e. The molecule has 0 radical (unpaired) electrons. The van der Waals surface area contributed by atoms with Gasteiger partial charge in [0.2, 0.25) is 0 Å². The summed E-state index contributed by atoms with van der Waals surface area (Å²) >= 11 is 6.23. The molecule has 1 aromatic carbocycles. The lowest BCUT2D eigenvalue weighted by Crippen LogP contribution is -1.97. The van der Waals surface area contributed by atoms with E-state index < -0.39 is 0 Å². The fraction of sp³-hybridized carbons (Fsp3) is 0.571. The Balaban J connectivity index is 1.97. The Labute approximate surface area is 103 Å². The van der Waals surface area contributed by atoms with E-state index in [2.05, 4.69) is 32.9 Å². The van der Waals surface area contributed by atoms with Crippen molar-refractivity contribution in [3.8, 4) is 0 Å². The molecular formula is C14H19ClO. The summed E-state index contributed by atoms with van der Waals surface area (Å²) in [5.41, 5.74) is 3.85. The lowest BCUT2D eigenvalue weighted by Gasteiger charge is -2.07. The molecule has 2 heteroatoms. The zero-order chi connectivity index (χ0) is 11.7. The molecule has 0 bridgehead atoms. The third-order valence-electron chi connectivity index (χ3n) is 3.45. The molecule has 0 aromatic heterocycles. The highest BCUT2D eigenvalue weighted by Gasteiger charge is 2.36. The maximum Gasteiger partial charge on any atom is 0.0845 e. The monoisotopic (exact) mass is 238 g/mol. The summed E-state index contributed by atoms with van der Waals surface area (Å²) in [5.74, 6) is 0. The van der Waals surface area contributed by atoms with Crippen LogP contribution in [0.4, 0.5) is 0 Å². The quantitative estimate of drug-likeness (QED) is 0.721. The molecule has 1 fully saturated rings. The average Bonchev–Trinajstić information content (AvgIpc) is 3.00. The predicted octanol–water partition coefficient (Wildman–Crippen LogP) is 4.07. The van der Waals surface area contributed by atoms with E-state index in [0.717, 1.165) is 24.3 Å². The third kappa shape index (κ3) is 2.58. The Morgan fingerprint density at radius 2 is 1.88 bits per heavy atom. The number of rotatable bonds is 4. The van der Waals surface area contributed by atoms with Crippen LogP contribution in [0.2, 0.25) is 5.02 Å². The Morgan fingerprint density at radius 3 is 2.50 bits per heavy atom. The second-order valence-corrected chi connectivity index (χ2v) is 5.09. The first-order valence-electron chi connectivity index (χ1n) is 6.03. The number of benzene rings is 1. The maximum absolute atomic E-state index is 6.23. The van der Waals surface area contributed by atoms with Gasteiger partial charge >= 0.3 is 0 Å². The molecule has 0 saturated carbocycles. The summed E-state index contributed by atoms with van der Waals surface area (Å²) in [6, 6.07) is 4.28. The molecule has 2 atom stereocenters. The number of hydrogen-bond donors (Lipinski definition) is 0. The first-order chi connectivity index (χ1) is 7.61. The lowest BCUT2D eigenvalue weighted by atomic mass is 10.0. The van der Waals surface area contributed by atoms with Gasteiger partial charge in [-0.25, -0.2) is 0 Å². The molecule has 1 aromatic rings. The fourth-order valence-electron chi connectivity index (χ4n) is 2.12. The summed E-state index contributed by atoms with van der Waals surface area (Å²) in [6.07, 6.45) is 4.24. The standard InChI is InChI=1S/C14H19ClO/c1-4-13-14(16-13)6-5-11-7-9(2)10(3)8-12(11)15/h7-8,13-14H,4-6H2,1-3H3. The second kappa shape index (κ2) is 4.77. The summed E-state index contributed by atoms with van der Waals surface area (Å²) in [5, 5.41) is 0.900. The molecule has 1 aliphatic rings. The molecule has 0 aliphatic carbocycles. The summed E-state index contributed by atoms with van der Waals surface area (Å²) < 4.78 is 5.54. The molecular weight excluding hydrogens is 220 g/mol. The predicted molar refractivity (Wildman–Crippen MR) is 68.2 cm³/mol. The van der Waals surface area contributed by atoms with E-state index in [0.29, 0.717) is 12.2 Å². The van der Waals surface area contributed by atoms with Crippen LogP contribution in [0.3, 0.4) is 0 Å². The Hall–Kier alpha value is -0.530. The molecule has 16 heavy (non-hydrogen) atoms. The molecule has 1 nitrogen and oxygen atoms in total. The fourth-order valence-corrected chi connectivity index (χ4v) is 2.43. The van der Waals surface area contributed by atoms with Crippen LogP contribution in [0.15, 0.2) is 12.1 Å². The minimum Gasteiger partial charge on any atom is -0.370 e. The van der Waals surface area contributed by atoms with Crippen molar-refractivity contribution in [2.75, 3.05) is 0 Å².